The van der Waals surface area contributed by atoms with Crippen molar-refractivity contribution in [2.75, 3.05) is 13.1 Å². The van der Waals surface area contributed by atoms with Crippen molar-refractivity contribution in [3.8, 4) is 0 Å². The van der Waals surface area contributed by atoms with Gasteiger partial charge in [0.15, 0.2) is 0 Å². The Morgan fingerprint density at radius 1 is 0.857 bits per heavy atom. The van der Waals surface area contributed by atoms with Gasteiger partial charge in [-0.3, -0.25) is 0 Å². The van der Waals surface area contributed by atoms with E-state index in [1.165, 1.54) is 0 Å². The van der Waals surface area contributed by atoms with Gasteiger partial charge in [0.25, 0.3) is 5.92 Å². The first kappa shape index (κ1) is 10.3. The molecule has 0 aromatic rings. The van der Waals surface area contributed by atoms with E-state index in [-0.39, 0.29) is 11.8 Å². The number of nitrogens with one attached hydrogen (secondary N) is 1. The Bertz CT molecular complexity index is 182. The largest absolute Gasteiger partial charge is 0.317 e. The molecule has 82 valence electrons. The first-order chi connectivity index (χ1) is 6.71. The maximum atomic E-state index is 14.0. The Labute approximate surface area is 84.3 Å². The summed E-state index contributed by atoms with van der Waals surface area (Å²) in [5.41, 5.74) is 0. The second-order valence-electron chi connectivity index (χ2n) is 4.68. The summed E-state index contributed by atoms with van der Waals surface area (Å²) in [6.45, 7) is 1.54. The number of rotatable bonds is 2. The average molecular weight is 203 g/mol. The van der Waals surface area contributed by atoms with Crippen molar-refractivity contribution in [1.82, 2.24) is 5.32 Å². The number of halogens is 2. The lowest BCUT2D eigenvalue weighted by Gasteiger charge is -2.34. The van der Waals surface area contributed by atoms with Gasteiger partial charge >= 0.3 is 0 Å². The third-order valence-electron chi connectivity index (χ3n) is 3.78. The molecule has 1 saturated carbocycles. The van der Waals surface area contributed by atoms with Crippen molar-refractivity contribution < 1.29 is 8.78 Å². The maximum Gasteiger partial charge on any atom is 0.253 e. The standard InChI is InChI=1S/C11H19F2N/c12-11(13,9-3-1-2-4-9)10-5-7-14-8-6-10/h9-10,14H,1-8H2. The van der Waals surface area contributed by atoms with Crippen LogP contribution in [0.15, 0.2) is 0 Å². The molecule has 0 aromatic carbocycles. The topological polar surface area (TPSA) is 12.0 Å². The van der Waals surface area contributed by atoms with Gasteiger partial charge in [-0.25, -0.2) is 8.78 Å². The van der Waals surface area contributed by atoms with Crippen LogP contribution in [0.5, 0.6) is 0 Å². The van der Waals surface area contributed by atoms with Crippen LogP contribution < -0.4 is 5.32 Å². The van der Waals surface area contributed by atoms with Gasteiger partial charge in [-0.15, -0.1) is 0 Å². The van der Waals surface area contributed by atoms with E-state index in [2.05, 4.69) is 5.32 Å². The molecule has 1 aliphatic heterocycles. The van der Waals surface area contributed by atoms with Crippen LogP contribution in [0.25, 0.3) is 0 Å². The van der Waals surface area contributed by atoms with E-state index >= 15 is 0 Å². The van der Waals surface area contributed by atoms with Gasteiger partial charge in [0.05, 0.1) is 0 Å². The third kappa shape index (κ3) is 1.92. The molecule has 2 fully saturated rings. The fourth-order valence-corrected chi connectivity index (χ4v) is 2.85. The molecule has 1 saturated heterocycles. The van der Waals surface area contributed by atoms with Gasteiger partial charge in [-0.2, -0.15) is 0 Å². The SMILES string of the molecule is FC(F)(C1CCCC1)C1CCNCC1. The smallest absolute Gasteiger partial charge is 0.253 e. The summed E-state index contributed by atoms with van der Waals surface area (Å²) >= 11 is 0. The minimum Gasteiger partial charge on any atom is -0.317 e. The van der Waals surface area contributed by atoms with E-state index in [0.717, 1.165) is 38.8 Å². The second kappa shape index (κ2) is 4.13. The van der Waals surface area contributed by atoms with E-state index in [4.69, 9.17) is 0 Å². The first-order valence-corrected chi connectivity index (χ1v) is 5.80. The second-order valence-corrected chi connectivity index (χ2v) is 4.68. The zero-order chi connectivity index (χ0) is 10.0. The fraction of sp³-hybridized carbons (Fsp3) is 1.00. The summed E-state index contributed by atoms with van der Waals surface area (Å²) in [6, 6.07) is 0. The van der Waals surface area contributed by atoms with Gasteiger partial charge < -0.3 is 5.32 Å². The quantitative estimate of drug-likeness (QED) is 0.727. The van der Waals surface area contributed by atoms with E-state index in [9.17, 15) is 8.78 Å². The molecule has 2 rings (SSSR count). The summed E-state index contributed by atoms with van der Waals surface area (Å²) < 4.78 is 28.0. The first-order valence-electron chi connectivity index (χ1n) is 5.80. The van der Waals surface area contributed by atoms with Crippen molar-refractivity contribution in [3.63, 3.8) is 0 Å². The van der Waals surface area contributed by atoms with Crippen LogP contribution in [0.4, 0.5) is 8.78 Å². The van der Waals surface area contributed by atoms with Crippen molar-refractivity contribution in [2.24, 2.45) is 11.8 Å². The minimum atomic E-state index is -2.39. The van der Waals surface area contributed by atoms with Crippen molar-refractivity contribution in [2.45, 2.75) is 44.4 Å². The van der Waals surface area contributed by atoms with Crippen LogP contribution in [-0.2, 0) is 0 Å². The van der Waals surface area contributed by atoms with Crippen LogP contribution >= 0.6 is 0 Å². The Morgan fingerprint density at radius 2 is 1.36 bits per heavy atom. The normalized spacial score (nSPS) is 27.0. The van der Waals surface area contributed by atoms with Crippen LogP contribution in [-0.4, -0.2) is 19.0 Å². The zero-order valence-corrected chi connectivity index (χ0v) is 8.57. The van der Waals surface area contributed by atoms with Gasteiger partial charge in [0, 0.05) is 11.8 Å². The highest BCUT2D eigenvalue weighted by Gasteiger charge is 2.47. The third-order valence-corrected chi connectivity index (χ3v) is 3.78. The summed E-state index contributed by atoms with van der Waals surface area (Å²) in [6.07, 6.45) is 4.82. The fourth-order valence-electron chi connectivity index (χ4n) is 2.85. The highest BCUT2D eigenvalue weighted by Crippen LogP contribution is 2.44. The molecule has 0 amide bonds. The maximum absolute atomic E-state index is 14.0. The summed E-state index contributed by atoms with van der Waals surface area (Å²) in [5, 5.41) is 3.14. The molecule has 1 heterocycles. The van der Waals surface area contributed by atoms with Gasteiger partial charge in [0.1, 0.15) is 0 Å². The van der Waals surface area contributed by atoms with Crippen molar-refractivity contribution >= 4 is 0 Å². The molecule has 0 bridgehead atoms. The Balaban J connectivity index is 1.97. The highest BCUT2D eigenvalue weighted by molar-refractivity contribution is 4.89. The average Bonchev–Trinajstić information content (AvgIpc) is 2.72. The van der Waals surface area contributed by atoms with Crippen LogP contribution in [0.2, 0.25) is 0 Å². The minimum absolute atomic E-state index is 0.314. The van der Waals surface area contributed by atoms with E-state index in [0.29, 0.717) is 12.8 Å². The predicted octanol–water partition coefficient (Wildman–Crippen LogP) is 2.81. The molecule has 0 aromatic heterocycles. The molecule has 1 nitrogen and oxygen atoms in total. The summed E-state index contributed by atoms with van der Waals surface area (Å²) in [7, 11) is 0. The number of hydrogen-bond donors (Lipinski definition) is 1. The lowest BCUT2D eigenvalue weighted by molar-refractivity contribution is -0.115. The van der Waals surface area contributed by atoms with Crippen molar-refractivity contribution in [3.05, 3.63) is 0 Å². The number of alkyl halides is 2. The van der Waals surface area contributed by atoms with Gasteiger partial charge in [-0.1, -0.05) is 12.8 Å². The lowest BCUT2D eigenvalue weighted by atomic mass is 9.83. The summed E-state index contributed by atoms with van der Waals surface area (Å²) in [5.74, 6) is -3.06. The van der Waals surface area contributed by atoms with Crippen LogP contribution in [0.3, 0.4) is 0 Å². The molecule has 0 radical (unpaired) electrons. The highest BCUT2D eigenvalue weighted by atomic mass is 19.3. The Kier molecular flexibility index (Phi) is 3.05. The lowest BCUT2D eigenvalue weighted by Crippen LogP contribution is -2.42. The molecular formula is C11H19F2N. The Hall–Kier alpha value is -0.180. The van der Waals surface area contributed by atoms with Crippen molar-refractivity contribution in [1.29, 1.82) is 0 Å². The molecule has 14 heavy (non-hydrogen) atoms. The number of hydrogen-bond acceptors (Lipinski definition) is 1. The predicted molar refractivity (Wildman–Crippen MR) is 52.5 cm³/mol. The molecule has 1 N–H and O–H groups in total. The molecule has 0 unspecified atom stereocenters. The van der Waals surface area contributed by atoms with Crippen LogP contribution in [0, 0.1) is 11.8 Å². The van der Waals surface area contributed by atoms with E-state index < -0.39 is 5.92 Å². The molecular weight excluding hydrogens is 184 g/mol. The van der Waals surface area contributed by atoms with Gasteiger partial charge in [-0.05, 0) is 38.8 Å². The Morgan fingerprint density at radius 3 is 1.93 bits per heavy atom. The zero-order valence-electron chi connectivity index (χ0n) is 8.57. The molecule has 1 aliphatic carbocycles. The van der Waals surface area contributed by atoms with Crippen LogP contribution in [0.1, 0.15) is 38.5 Å². The van der Waals surface area contributed by atoms with E-state index in [1.807, 2.05) is 0 Å². The molecule has 0 atom stereocenters. The molecule has 0 spiro atoms. The van der Waals surface area contributed by atoms with Gasteiger partial charge in [0.2, 0.25) is 0 Å². The molecule has 2 aliphatic rings. The summed E-state index contributed by atoms with van der Waals surface area (Å²) in [4.78, 5) is 0. The monoisotopic (exact) mass is 203 g/mol. The number of piperidine rings is 1. The van der Waals surface area contributed by atoms with E-state index in [1.54, 1.807) is 0 Å². The molecule has 3 heteroatoms.